The lowest BCUT2D eigenvalue weighted by molar-refractivity contribution is 0.101. The van der Waals surface area contributed by atoms with Gasteiger partial charge in [-0.3, -0.25) is 4.79 Å². The van der Waals surface area contributed by atoms with E-state index in [-0.39, 0.29) is 22.7 Å². The average Bonchev–Trinajstić information content (AvgIpc) is 2.08. The molecular formula is C9H6BrNO2. The number of Topliss-reactive ketones (excluding diaryl/α,β-unsaturated/α-hetero) is 1. The van der Waals surface area contributed by atoms with E-state index < -0.39 is 0 Å². The minimum atomic E-state index is -0.237. The average molecular weight is 240 g/mol. The predicted octanol–water partition coefficient (Wildman–Crippen LogP) is 2.23. The van der Waals surface area contributed by atoms with Crippen molar-refractivity contribution in [3.8, 4) is 11.8 Å². The zero-order valence-electron chi connectivity index (χ0n) is 6.84. The SMILES string of the molecule is CC(=O)c1cc(O)c(Br)cc1C#N. The standard InChI is InChI=1S/C9H6BrNO2/c1-5(12)7-3-9(13)8(10)2-6(7)4-11/h2-3,13H,1H3. The molecule has 0 bridgehead atoms. The van der Waals surface area contributed by atoms with Gasteiger partial charge in [-0.2, -0.15) is 5.26 Å². The first-order chi connectivity index (χ1) is 6.06. The number of ketones is 1. The lowest BCUT2D eigenvalue weighted by Crippen LogP contribution is -1.96. The first-order valence-corrected chi connectivity index (χ1v) is 4.29. The molecule has 4 heteroatoms. The Morgan fingerprint density at radius 2 is 2.23 bits per heavy atom. The fourth-order valence-electron chi connectivity index (χ4n) is 0.946. The van der Waals surface area contributed by atoms with Crippen LogP contribution in [0.15, 0.2) is 16.6 Å². The molecule has 0 saturated carbocycles. The van der Waals surface area contributed by atoms with Gasteiger partial charge < -0.3 is 5.11 Å². The molecule has 1 N–H and O–H groups in total. The van der Waals surface area contributed by atoms with Crippen molar-refractivity contribution >= 4 is 21.7 Å². The van der Waals surface area contributed by atoms with E-state index in [0.29, 0.717) is 4.47 Å². The first kappa shape index (κ1) is 9.75. The van der Waals surface area contributed by atoms with Gasteiger partial charge in [0, 0.05) is 5.56 Å². The maximum atomic E-state index is 11.0. The maximum absolute atomic E-state index is 11.0. The molecule has 0 fully saturated rings. The third-order valence-electron chi connectivity index (χ3n) is 1.59. The van der Waals surface area contributed by atoms with E-state index in [2.05, 4.69) is 15.9 Å². The van der Waals surface area contributed by atoms with Crippen molar-refractivity contribution in [2.75, 3.05) is 0 Å². The molecule has 0 amide bonds. The number of phenols is 1. The predicted molar refractivity (Wildman–Crippen MR) is 50.5 cm³/mol. The summed E-state index contributed by atoms with van der Waals surface area (Å²) in [4.78, 5) is 11.0. The van der Waals surface area contributed by atoms with Crippen molar-refractivity contribution in [3.05, 3.63) is 27.7 Å². The Bertz CT molecular complexity index is 407. The Kier molecular flexibility index (Phi) is 2.69. The van der Waals surface area contributed by atoms with Crippen molar-refractivity contribution in [3.63, 3.8) is 0 Å². The number of carbonyl (C=O) groups is 1. The lowest BCUT2D eigenvalue weighted by atomic mass is 10.1. The van der Waals surface area contributed by atoms with Gasteiger partial charge in [0.2, 0.25) is 0 Å². The fraction of sp³-hybridized carbons (Fsp3) is 0.111. The molecule has 0 unspecified atom stereocenters. The van der Waals surface area contributed by atoms with Crippen molar-refractivity contribution in [2.24, 2.45) is 0 Å². The third-order valence-corrected chi connectivity index (χ3v) is 2.22. The minimum Gasteiger partial charge on any atom is -0.507 e. The van der Waals surface area contributed by atoms with Gasteiger partial charge in [-0.1, -0.05) is 0 Å². The molecule has 66 valence electrons. The highest BCUT2D eigenvalue weighted by Gasteiger charge is 2.10. The van der Waals surface area contributed by atoms with E-state index >= 15 is 0 Å². The highest BCUT2D eigenvalue weighted by atomic mass is 79.9. The molecule has 0 spiro atoms. The monoisotopic (exact) mass is 239 g/mol. The van der Waals surface area contributed by atoms with Crippen LogP contribution in [0.1, 0.15) is 22.8 Å². The second-order valence-electron chi connectivity index (χ2n) is 2.52. The van der Waals surface area contributed by atoms with Gasteiger partial charge in [0.05, 0.1) is 16.1 Å². The summed E-state index contributed by atoms with van der Waals surface area (Å²) >= 11 is 3.06. The molecule has 0 radical (unpaired) electrons. The maximum Gasteiger partial charge on any atom is 0.161 e. The Labute approximate surface area is 83.7 Å². The molecule has 0 aliphatic rings. The van der Waals surface area contributed by atoms with Gasteiger partial charge in [-0.05, 0) is 35.0 Å². The van der Waals surface area contributed by atoms with Crippen molar-refractivity contribution in [1.29, 1.82) is 5.26 Å². The largest absolute Gasteiger partial charge is 0.507 e. The third kappa shape index (κ3) is 1.87. The van der Waals surface area contributed by atoms with E-state index in [1.165, 1.54) is 19.1 Å². The number of nitriles is 1. The number of hydrogen-bond acceptors (Lipinski definition) is 3. The molecule has 0 atom stereocenters. The molecule has 0 saturated heterocycles. The summed E-state index contributed by atoms with van der Waals surface area (Å²) in [5, 5.41) is 17.9. The quantitative estimate of drug-likeness (QED) is 0.765. The summed E-state index contributed by atoms with van der Waals surface area (Å²) in [7, 11) is 0. The number of phenolic OH excluding ortho intramolecular Hbond substituents is 1. The Morgan fingerprint density at radius 1 is 1.62 bits per heavy atom. The summed E-state index contributed by atoms with van der Waals surface area (Å²) in [5.41, 5.74) is 0.500. The smallest absolute Gasteiger partial charge is 0.161 e. The van der Waals surface area contributed by atoms with Gasteiger partial charge in [0.15, 0.2) is 5.78 Å². The van der Waals surface area contributed by atoms with Gasteiger partial charge in [0.1, 0.15) is 5.75 Å². The summed E-state index contributed by atoms with van der Waals surface area (Å²) in [5.74, 6) is -0.274. The van der Waals surface area contributed by atoms with E-state index in [1.807, 2.05) is 6.07 Å². The topological polar surface area (TPSA) is 61.1 Å². The second-order valence-corrected chi connectivity index (χ2v) is 3.37. The molecule has 1 rings (SSSR count). The minimum absolute atomic E-state index is 0.0378. The van der Waals surface area contributed by atoms with E-state index in [4.69, 9.17) is 5.26 Å². The van der Waals surface area contributed by atoms with Crippen LogP contribution in [-0.2, 0) is 0 Å². The number of hydrogen-bond donors (Lipinski definition) is 1. The van der Waals surface area contributed by atoms with Crippen LogP contribution in [0, 0.1) is 11.3 Å². The van der Waals surface area contributed by atoms with Crippen molar-refractivity contribution in [1.82, 2.24) is 0 Å². The highest BCUT2D eigenvalue weighted by molar-refractivity contribution is 9.10. The number of halogens is 1. The fourth-order valence-corrected chi connectivity index (χ4v) is 1.29. The van der Waals surface area contributed by atoms with Crippen molar-refractivity contribution in [2.45, 2.75) is 6.92 Å². The van der Waals surface area contributed by atoms with Crippen LogP contribution in [0.3, 0.4) is 0 Å². The molecule has 0 heterocycles. The summed E-state index contributed by atoms with van der Waals surface area (Å²) in [6, 6.07) is 4.59. The van der Waals surface area contributed by atoms with Crippen LogP contribution in [0.25, 0.3) is 0 Å². The Morgan fingerprint density at radius 3 is 2.69 bits per heavy atom. The van der Waals surface area contributed by atoms with Crippen LogP contribution in [0.4, 0.5) is 0 Å². The van der Waals surface area contributed by atoms with E-state index in [0.717, 1.165) is 0 Å². The normalized spacial score (nSPS) is 9.31. The lowest BCUT2D eigenvalue weighted by Gasteiger charge is -2.02. The van der Waals surface area contributed by atoms with Crippen LogP contribution >= 0.6 is 15.9 Å². The Balaban J connectivity index is 3.44. The summed E-state index contributed by atoms with van der Waals surface area (Å²) in [6.07, 6.45) is 0. The van der Waals surface area contributed by atoms with E-state index in [1.54, 1.807) is 0 Å². The van der Waals surface area contributed by atoms with Crippen LogP contribution < -0.4 is 0 Å². The van der Waals surface area contributed by atoms with Gasteiger partial charge >= 0.3 is 0 Å². The number of carbonyl (C=O) groups excluding carboxylic acids is 1. The summed E-state index contributed by atoms with van der Waals surface area (Å²) in [6.45, 7) is 1.35. The molecule has 0 aliphatic heterocycles. The van der Waals surface area contributed by atoms with Crippen LogP contribution in [-0.4, -0.2) is 10.9 Å². The van der Waals surface area contributed by atoms with Gasteiger partial charge in [-0.15, -0.1) is 0 Å². The van der Waals surface area contributed by atoms with Crippen LogP contribution in [0.5, 0.6) is 5.75 Å². The zero-order valence-corrected chi connectivity index (χ0v) is 8.42. The van der Waals surface area contributed by atoms with Gasteiger partial charge in [0.25, 0.3) is 0 Å². The second kappa shape index (κ2) is 3.58. The molecule has 0 aliphatic carbocycles. The molecule has 1 aromatic rings. The van der Waals surface area contributed by atoms with Crippen LogP contribution in [0.2, 0.25) is 0 Å². The van der Waals surface area contributed by atoms with Crippen molar-refractivity contribution < 1.29 is 9.90 Å². The highest BCUT2D eigenvalue weighted by Crippen LogP contribution is 2.27. The molecule has 1 aromatic carbocycles. The Hall–Kier alpha value is -1.34. The molecular weight excluding hydrogens is 234 g/mol. The van der Waals surface area contributed by atoms with E-state index in [9.17, 15) is 9.90 Å². The number of benzene rings is 1. The number of nitrogens with zero attached hydrogens (tertiary/aromatic N) is 1. The zero-order chi connectivity index (χ0) is 10.0. The molecule has 13 heavy (non-hydrogen) atoms. The summed E-state index contributed by atoms with van der Waals surface area (Å²) < 4.78 is 0.411. The first-order valence-electron chi connectivity index (χ1n) is 3.50. The molecule has 0 aromatic heterocycles. The number of rotatable bonds is 1. The molecule has 3 nitrogen and oxygen atoms in total. The number of aromatic hydroxyl groups is 1. The van der Waals surface area contributed by atoms with Gasteiger partial charge in [-0.25, -0.2) is 0 Å².